The fraction of sp³-hybridized carbons (Fsp3) is 0.143. The zero-order valence-corrected chi connectivity index (χ0v) is 8.96. The highest BCUT2D eigenvalue weighted by Gasteiger charge is 1.96. The zero-order chi connectivity index (χ0) is 10.7. The van der Waals surface area contributed by atoms with Crippen molar-refractivity contribution in [2.45, 2.75) is 13.3 Å². The molecule has 1 heteroatoms. The second-order valence-corrected chi connectivity index (χ2v) is 3.64. The van der Waals surface area contributed by atoms with Crippen LogP contribution in [0.15, 0.2) is 54.7 Å². The van der Waals surface area contributed by atoms with E-state index in [0.29, 0.717) is 0 Å². The van der Waals surface area contributed by atoms with E-state index in [9.17, 15) is 0 Å². The molecule has 0 saturated carbocycles. The molecule has 0 atom stereocenters. The fourth-order valence-corrected chi connectivity index (χ4v) is 1.56. The Labute approximate surface area is 90.4 Å². The topological polar surface area (TPSA) is 12.0 Å². The monoisotopic (exact) mass is 197 g/mol. The van der Waals surface area contributed by atoms with Crippen molar-refractivity contribution in [3.8, 4) is 0 Å². The molecule has 0 bridgehead atoms. The van der Waals surface area contributed by atoms with Crippen LogP contribution in [0.3, 0.4) is 0 Å². The summed E-state index contributed by atoms with van der Waals surface area (Å²) >= 11 is 0. The molecule has 0 aliphatic rings. The van der Waals surface area contributed by atoms with E-state index in [2.05, 4.69) is 61.3 Å². The summed E-state index contributed by atoms with van der Waals surface area (Å²) in [6.07, 6.45) is 0.951. The summed E-state index contributed by atoms with van der Waals surface area (Å²) in [7, 11) is 0. The van der Waals surface area contributed by atoms with Crippen molar-refractivity contribution in [1.29, 1.82) is 0 Å². The molecule has 0 saturated heterocycles. The van der Waals surface area contributed by atoms with Gasteiger partial charge in [0.25, 0.3) is 0 Å². The van der Waals surface area contributed by atoms with E-state index in [-0.39, 0.29) is 0 Å². The quantitative estimate of drug-likeness (QED) is 0.778. The molecule has 0 radical (unpaired) electrons. The van der Waals surface area contributed by atoms with Crippen molar-refractivity contribution in [1.82, 2.24) is 0 Å². The first-order valence-corrected chi connectivity index (χ1v) is 5.23. The van der Waals surface area contributed by atoms with Crippen LogP contribution in [-0.2, 0) is 0 Å². The molecule has 0 unspecified atom stereocenters. The van der Waals surface area contributed by atoms with Gasteiger partial charge in [-0.3, -0.25) is 0 Å². The van der Waals surface area contributed by atoms with Gasteiger partial charge in [-0.2, -0.15) is 0 Å². The van der Waals surface area contributed by atoms with Gasteiger partial charge in [0.2, 0.25) is 0 Å². The molecule has 15 heavy (non-hydrogen) atoms. The first-order chi connectivity index (χ1) is 7.29. The minimum atomic E-state index is 0.951. The molecule has 0 aromatic heterocycles. The van der Waals surface area contributed by atoms with Gasteiger partial charge >= 0.3 is 0 Å². The Morgan fingerprint density at radius 2 is 1.87 bits per heavy atom. The van der Waals surface area contributed by atoms with E-state index in [1.807, 2.05) is 0 Å². The molecule has 2 rings (SSSR count). The lowest BCUT2D eigenvalue weighted by atomic mass is 10.1. The maximum Gasteiger partial charge on any atom is 0.0388 e. The van der Waals surface area contributed by atoms with Gasteiger partial charge in [-0.1, -0.05) is 43.8 Å². The van der Waals surface area contributed by atoms with Crippen molar-refractivity contribution in [2.75, 3.05) is 5.32 Å². The molecule has 76 valence electrons. The van der Waals surface area contributed by atoms with Crippen LogP contribution in [0, 0.1) is 0 Å². The van der Waals surface area contributed by atoms with E-state index in [1.165, 1.54) is 10.8 Å². The summed E-state index contributed by atoms with van der Waals surface area (Å²) in [5.74, 6) is 0. The molecule has 0 spiro atoms. The molecular weight excluding hydrogens is 182 g/mol. The minimum absolute atomic E-state index is 0.951. The van der Waals surface area contributed by atoms with E-state index < -0.39 is 0 Å². The molecule has 0 fully saturated rings. The molecule has 1 nitrogen and oxygen atoms in total. The number of hydrogen-bond acceptors (Lipinski definition) is 1. The minimum Gasteiger partial charge on any atom is -0.359 e. The molecule has 2 aromatic carbocycles. The van der Waals surface area contributed by atoms with Crippen LogP contribution in [0.25, 0.3) is 10.8 Å². The van der Waals surface area contributed by atoms with Crippen molar-refractivity contribution in [2.24, 2.45) is 0 Å². The third-order valence-electron chi connectivity index (χ3n) is 2.50. The Hall–Kier alpha value is -1.76. The number of hydrogen-bond donors (Lipinski definition) is 1. The van der Waals surface area contributed by atoms with E-state index in [0.717, 1.165) is 17.8 Å². The Kier molecular flexibility index (Phi) is 2.72. The second kappa shape index (κ2) is 4.18. The normalized spacial score (nSPS) is 10.2. The van der Waals surface area contributed by atoms with Gasteiger partial charge in [0.1, 0.15) is 0 Å². The second-order valence-electron chi connectivity index (χ2n) is 3.64. The number of fused-ring (bicyclic) bond motifs is 1. The number of anilines is 1. The molecule has 0 aliphatic carbocycles. The average molecular weight is 197 g/mol. The van der Waals surface area contributed by atoms with Crippen LogP contribution >= 0.6 is 0 Å². The Bertz CT molecular complexity index is 485. The van der Waals surface area contributed by atoms with Gasteiger partial charge in [0.15, 0.2) is 0 Å². The van der Waals surface area contributed by atoms with E-state index in [1.54, 1.807) is 0 Å². The standard InChI is InChI=1S/C14H15N/c1-3-11(2)15-14-9-8-12-6-4-5-7-13(12)10-14/h4-10,15H,2-3H2,1H3. The van der Waals surface area contributed by atoms with E-state index >= 15 is 0 Å². The fourth-order valence-electron chi connectivity index (χ4n) is 1.56. The van der Waals surface area contributed by atoms with Crippen molar-refractivity contribution in [3.63, 3.8) is 0 Å². The highest BCUT2D eigenvalue weighted by molar-refractivity contribution is 5.85. The van der Waals surface area contributed by atoms with Crippen molar-refractivity contribution in [3.05, 3.63) is 54.7 Å². The van der Waals surface area contributed by atoms with Gasteiger partial charge in [-0.15, -0.1) is 0 Å². The van der Waals surface area contributed by atoms with Gasteiger partial charge < -0.3 is 5.32 Å². The maximum atomic E-state index is 3.94. The molecule has 0 amide bonds. The summed E-state index contributed by atoms with van der Waals surface area (Å²) in [5, 5.41) is 5.81. The summed E-state index contributed by atoms with van der Waals surface area (Å²) in [4.78, 5) is 0. The number of benzene rings is 2. The Balaban J connectivity index is 2.34. The largest absolute Gasteiger partial charge is 0.359 e. The molecule has 2 aromatic rings. The van der Waals surface area contributed by atoms with Crippen LogP contribution < -0.4 is 5.32 Å². The maximum absolute atomic E-state index is 3.94. The number of rotatable bonds is 3. The van der Waals surface area contributed by atoms with Crippen molar-refractivity contribution >= 4 is 16.5 Å². The van der Waals surface area contributed by atoms with Crippen LogP contribution in [0.1, 0.15) is 13.3 Å². The highest BCUT2D eigenvalue weighted by atomic mass is 14.9. The predicted octanol–water partition coefficient (Wildman–Crippen LogP) is 4.18. The average Bonchev–Trinajstić information content (AvgIpc) is 2.29. The molecule has 0 aliphatic heterocycles. The van der Waals surface area contributed by atoms with Gasteiger partial charge in [-0.05, 0) is 29.3 Å². The smallest absolute Gasteiger partial charge is 0.0388 e. The number of nitrogens with one attached hydrogen (secondary N) is 1. The van der Waals surface area contributed by atoms with Crippen molar-refractivity contribution < 1.29 is 0 Å². The first kappa shape index (κ1) is 9.78. The summed E-state index contributed by atoms with van der Waals surface area (Å²) in [5.41, 5.74) is 2.16. The predicted molar refractivity (Wildman–Crippen MR) is 67.0 cm³/mol. The third-order valence-corrected chi connectivity index (χ3v) is 2.50. The third kappa shape index (κ3) is 2.18. The Morgan fingerprint density at radius 1 is 1.13 bits per heavy atom. The van der Waals surface area contributed by atoms with Gasteiger partial charge in [0.05, 0.1) is 0 Å². The first-order valence-electron chi connectivity index (χ1n) is 5.23. The van der Waals surface area contributed by atoms with Crippen LogP contribution in [0.2, 0.25) is 0 Å². The Morgan fingerprint density at radius 3 is 2.60 bits per heavy atom. The van der Waals surface area contributed by atoms with Crippen LogP contribution in [0.5, 0.6) is 0 Å². The highest BCUT2D eigenvalue weighted by Crippen LogP contribution is 2.19. The summed E-state index contributed by atoms with van der Waals surface area (Å²) in [6, 6.07) is 14.7. The summed E-state index contributed by atoms with van der Waals surface area (Å²) in [6.45, 7) is 6.03. The van der Waals surface area contributed by atoms with E-state index in [4.69, 9.17) is 0 Å². The van der Waals surface area contributed by atoms with Crippen LogP contribution in [0.4, 0.5) is 5.69 Å². The van der Waals surface area contributed by atoms with Crippen LogP contribution in [-0.4, -0.2) is 0 Å². The molecular formula is C14H15N. The molecule has 1 N–H and O–H groups in total. The lowest BCUT2D eigenvalue weighted by Crippen LogP contribution is -1.95. The molecule has 0 heterocycles. The lowest BCUT2D eigenvalue weighted by Gasteiger charge is -2.08. The zero-order valence-electron chi connectivity index (χ0n) is 8.96. The van der Waals surface area contributed by atoms with Gasteiger partial charge in [0, 0.05) is 11.4 Å². The SMILES string of the molecule is C=C(CC)Nc1ccc2ccccc2c1. The lowest BCUT2D eigenvalue weighted by molar-refractivity contribution is 1.12. The van der Waals surface area contributed by atoms with Gasteiger partial charge in [-0.25, -0.2) is 0 Å². The number of allylic oxidation sites excluding steroid dienone is 1. The summed E-state index contributed by atoms with van der Waals surface area (Å²) < 4.78 is 0.